The molecule has 0 fully saturated rings. The van der Waals surface area contributed by atoms with Crippen LogP contribution in [-0.4, -0.2) is 14.9 Å². The quantitative estimate of drug-likeness (QED) is 0.625. The van der Waals surface area contributed by atoms with Crippen LogP contribution >= 0.6 is 35.4 Å². The van der Waals surface area contributed by atoms with Crippen LogP contribution in [0.15, 0.2) is 60.9 Å². The third-order valence-electron chi connectivity index (χ3n) is 3.32. The lowest BCUT2D eigenvalue weighted by atomic mass is 10.2. The van der Waals surface area contributed by atoms with Gasteiger partial charge in [-0.2, -0.15) is 5.10 Å². The van der Waals surface area contributed by atoms with E-state index in [0.29, 0.717) is 20.8 Å². The van der Waals surface area contributed by atoms with Gasteiger partial charge in [0.05, 0.1) is 22.3 Å². The monoisotopic (exact) mass is 376 g/mol. The van der Waals surface area contributed by atoms with Crippen molar-refractivity contribution in [2.45, 2.75) is 6.54 Å². The van der Waals surface area contributed by atoms with Gasteiger partial charge in [0.15, 0.2) is 5.11 Å². The Morgan fingerprint density at radius 1 is 1.04 bits per heavy atom. The lowest BCUT2D eigenvalue weighted by Gasteiger charge is -2.12. The Hall–Kier alpha value is -2.08. The van der Waals surface area contributed by atoms with Crippen molar-refractivity contribution >= 4 is 51.9 Å². The van der Waals surface area contributed by atoms with Crippen molar-refractivity contribution in [3.8, 4) is 0 Å². The Morgan fingerprint density at radius 2 is 1.83 bits per heavy atom. The van der Waals surface area contributed by atoms with Crippen molar-refractivity contribution in [2.24, 2.45) is 0 Å². The molecule has 4 nitrogen and oxygen atoms in total. The van der Waals surface area contributed by atoms with Gasteiger partial charge in [-0.15, -0.1) is 0 Å². The van der Waals surface area contributed by atoms with Crippen molar-refractivity contribution in [1.82, 2.24) is 9.78 Å². The molecule has 0 aliphatic heterocycles. The summed E-state index contributed by atoms with van der Waals surface area (Å²) in [5.74, 6) is 0. The van der Waals surface area contributed by atoms with Crippen LogP contribution in [0.3, 0.4) is 0 Å². The van der Waals surface area contributed by atoms with Crippen LogP contribution in [0.4, 0.5) is 11.4 Å². The highest BCUT2D eigenvalue weighted by Crippen LogP contribution is 2.29. The smallest absolute Gasteiger partial charge is 0.175 e. The van der Waals surface area contributed by atoms with Crippen molar-refractivity contribution < 1.29 is 0 Å². The van der Waals surface area contributed by atoms with Gasteiger partial charge < -0.3 is 10.6 Å². The maximum absolute atomic E-state index is 6.14. The summed E-state index contributed by atoms with van der Waals surface area (Å²) in [5.41, 5.74) is 2.70. The van der Waals surface area contributed by atoms with Crippen LogP contribution in [0.1, 0.15) is 5.56 Å². The number of thiocarbonyl (C=S) groups is 1. The van der Waals surface area contributed by atoms with E-state index in [2.05, 4.69) is 15.7 Å². The van der Waals surface area contributed by atoms with E-state index in [4.69, 9.17) is 35.4 Å². The number of nitrogens with zero attached hydrogens (tertiary/aromatic N) is 2. The van der Waals surface area contributed by atoms with E-state index in [1.54, 1.807) is 12.3 Å². The van der Waals surface area contributed by atoms with E-state index in [-0.39, 0.29) is 0 Å². The maximum atomic E-state index is 6.14. The summed E-state index contributed by atoms with van der Waals surface area (Å²) in [4.78, 5) is 0. The molecule has 7 heteroatoms. The number of hydrogen-bond acceptors (Lipinski definition) is 2. The highest BCUT2D eigenvalue weighted by atomic mass is 35.5. The maximum Gasteiger partial charge on any atom is 0.175 e. The molecule has 0 unspecified atom stereocenters. The molecule has 3 aromatic rings. The summed E-state index contributed by atoms with van der Waals surface area (Å²) in [6, 6.07) is 15.2. The van der Waals surface area contributed by atoms with Crippen LogP contribution in [0.2, 0.25) is 10.0 Å². The Bertz CT molecular complexity index is 832. The minimum absolute atomic E-state index is 0.442. The second kappa shape index (κ2) is 7.66. The molecule has 3 rings (SSSR count). The molecule has 0 radical (unpaired) electrons. The average Bonchev–Trinajstić information content (AvgIpc) is 3.07. The van der Waals surface area contributed by atoms with Crippen molar-refractivity contribution in [3.63, 3.8) is 0 Å². The van der Waals surface area contributed by atoms with Gasteiger partial charge in [-0.25, -0.2) is 0 Å². The molecule has 122 valence electrons. The molecule has 0 bridgehead atoms. The van der Waals surface area contributed by atoms with E-state index in [1.807, 2.05) is 53.3 Å². The predicted octanol–water partition coefficient (Wildman–Crippen LogP) is 5.05. The number of benzene rings is 2. The number of hydrogen-bond donors (Lipinski definition) is 2. The van der Waals surface area contributed by atoms with Crippen LogP contribution in [0.5, 0.6) is 0 Å². The van der Waals surface area contributed by atoms with Gasteiger partial charge in [0.1, 0.15) is 0 Å². The zero-order valence-corrected chi connectivity index (χ0v) is 14.9. The van der Waals surface area contributed by atoms with Crippen molar-refractivity contribution in [1.29, 1.82) is 0 Å². The lowest BCUT2D eigenvalue weighted by Crippen LogP contribution is -2.19. The summed E-state index contributed by atoms with van der Waals surface area (Å²) in [6.07, 6.45) is 3.70. The van der Waals surface area contributed by atoms with E-state index < -0.39 is 0 Å². The lowest BCUT2D eigenvalue weighted by molar-refractivity contribution is 0.687. The first kappa shape index (κ1) is 16.8. The molecule has 2 aromatic carbocycles. The average molecular weight is 377 g/mol. The first-order valence-electron chi connectivity index (χ1n) is 7.20. The van der Waals surface area contributed by atoms with Gasteiger partial charge in [0.25, 0.3) is 0 Å². The predicted molar refractivity (Wildman–Crippen MR) is 104 cm³/mol. The minimum Gasteiger partial charge on any atom is -0.332 e. The summed E-state index contributed by atoms with van der Waals surface area (Å²) < 4.78 is 1.87. The third-order valence-corrected chi connectivity index (χ3v) is 4.34. The molecular weight excluding hydrogens is 363 g/mol. The summed E-state index contributed by atoms with van der Waals surface area (Å²) in [6.45, 7) is 0.730. The fourth-order valence-corrected chi connectivity index (χ4v) is 2.74. The van der Waals surface area contributed by atoms with E-state index in [1.165, 1.54) is 0 Å². The number of rotatable bonds is 4. The molecule has 2 N–H and O–H groups in total. The molecule has 0 atom stereocenters. The first-order chi connectivity index (χ1) is 11.6. The molecule has 0 saturated heterocycles. The van der Waals surface area contributed by atoms with Crippen molar-refractivity contribution in [3.05, 3.63) is 76.5 Å². The largest absolute Gasteiger partial charge is 0.332 e. The Morgan fingerprint density at radius 3 is 2.54 bits per heavy atom. The molecule has 0 amide bonds. The van der Waals surface area contributed by atoms with Gasteiger partial charge in [-0.1, -0.05) is 41.4 Å². The van der Waals surface area contributed by atoms with E-state index in [9.17, 15) is 0 Å². The molecule has 0 spiro atoms. The number of nitrogens with one attached hydrogen (secondary N) is 2. The zero-order chi connectivity index (χ0) is 16.9. The van der Waals surface area contributed by atoms with Crippen molar-refractivity contribution in [2.75, 3.05) is 10.6 Å². The van der Waals surface area contributed by atoms with Gasteiger partial charge in [-0.05, 0) is 48.1 Å². The van der Waals surface area contributed by atoms with E-state index >= 15 is 0 Å². The molecule has 1 aromatic heterocycles. The van der Waals surface area contributed by atoms with E-state index in [0.717, 1.165) is 17.8 Å². The standard InChI is InChI=1S/C17H14Cl2N4S/c18-14-3-1-4-15(16(14)19)22-17(24)21-13-7-5-12(6-8-13)11-23-10-2-9-20-23/h1-10H,11H2,(H2,21,22,24). The first-order valence-corrected chi connectivity index (χ1v) is 8.36. The second-order valence-corrected chi connectivity index (χ2v) is 6.27. The Balaban J connectivity index is 1.61. The Kier molecular flexibility index (Phi) is 5.35. The number of anilines is 2. The normalized spacial score (nSPS) is 10.4. The van der Waals surface area contributed by atoms with Gasteiger partial charge in [-0.3, -0.25) is 4.68 Å². The summed E-state index contributed by atoms with van der Waals surface area (Å²) in [5, 5.41) is 11.7. The molecular formula is C17H14Cl2N4S. The van der Waals surface area contributed by atoms with Gasteiger partial charge in [0.2, 0.25) is 0 Å². The van der Waals surface area contributed by atoms with Crippen LogP contribution in [-0.2, 0) is 6.54 Å². The van der Waals surface area contributed by atoms with Gasteiger partial charge in [0, 0.05) is 18.1 Å². The van der Waals surface area contributed by atoms with Crippen LogP contribution in [0.25, 0.3) is 0 Å². The molecule has 0 saturated carbocycles. The van der Waals surface area contributed by atoms with Gasteiger partial charge >= 0.3 is 0 Å². The molecule has 24 heavy (non-hydrogen) atoms. The minimum atomic E-state index is 0.442. The molecule has 0 aliphatic rings. The topological polar surface area (TPSA) is 41.9 Å². The second-order valence-electron chi connectivity index (χ2n) is 5.08. The highest BCUT2D eigenvalue weighted by Gasteiger charge is 2.06. The van der Waals surface area contributed by atoms with Crippen LogP contribution < -0.4 is 10.6 Å². The number of halogens is 2. The fourth-order valence-electron chi connectivity index (χ4n) is 2.16. The molecule has 0 aliphatic carbocycles. The Labute approximate surface area is 155 Å². The summed E-state index contributed by atoms with van der Waals surface area (Å²) in [7, 11) is 0. The number of aromatic nitrogens is 2. The summed E-state index contributed by atoms with van der Waals surface area (Å²) >= 11 is 17.4. The highest BCUT2D eigenvalue weighted by molar-refractivity contribution is 7.80. The molecule has 1 heterocycles. The SMILES string of the molecule is S=C(Nc1ccc(Cn2cccn2)cc1)Nc1cccc(Cl)c1Cl. The van der Waals surface area contributed by atoms with Crippen LogP contribution in [0, 0.1) is 0 Å². The zero-order valence-electron chi connectivity index (χ0n) is 12.5. The fraction of sp³-hybridized carbons (Fsp3) is 0.0588. The third kappa shape index (κ3) is 4.26.